The van der Waals surface area contributed by atoms with E-state index in [4.69, 9.17) is 6.57 Å². The molecule has 0 saturated carbocycles. The molecular formula is C63H37F3N4. The van der Waals surface area contributed by atoms with Crippen molar-refractivity contribution in [3.8, 4) is 73.1 Å². The topological polar surface area (TPSA) is 38.0 Å². The maximum Gasteiger partial charge on any atom is 0.415 e. The highest BCUT2D eigenvalue weighted by molar-refractivity contribution is 6.14. The largest absolute Gasteiger partial charge is 0.415 e. The van der Waals surface area contributed by atoms with Crippen LogP contribution in [0, 0.1) is 17.9 Å². The van der Waals surface area contributed by atoms with E-state index in [9.17, 15) is 5.26 Å². The molecule has 0 aliphatic rings. The van der Waals surface area contributed by atoms with Crippen LogP contribution in [0.5, 0.6) is 0 Å². The third-order valence-corrected chi connectivity index (χ3v) is 13.4. The first-order chi connectivity index (χ1) is 34.3. The van der Waals surface area contributed by atoms with Gasteiger partial charge in [0, 0.05) is 32.7 Å². The zero-order valence-corrected chi connectivity index (χ0v) is 37.3. The quantitative estimate of drug-likeness (QED) is 0.147. The summed E-state index contributed by atoms with van der Waals surface area (Å²) in [6.45, 7) is 8.51. The maximum atomic E-state index is 15.9. The van der Waals surface area contributed by atoms with Gasteiger partial charge in [-0.1, -0.05) is 188 Å². The molecule has 0 aliphatic heterocycles. The van der Waals surface area contributed by atoms with Crippen molar-refractivity contribution in [2.24, 2.45) is 0 Å². The molecule has 0 atom stereocenters. The number of halogens is 3. The van der Waals surface area contributed by atoms with Gasteiger partial charge < -0.3 is 9.13 Å². The first kappa shape index (κ1) is 42.0. The van der Waals surface area contributed by atoms with Crippen LogP contribution in [0.3, 0.4) is 0 Å². The van der Waals surface area contributed by atoms with Crippen LogP contribution in [0.2, 0.25) is 0 Å². The zero-order valence-electron chi connectivity index (χ0n) is 37.3. The maximum absolute atomic E-state index is 15.9. The molecule has 330 valence electrons. The number of fused-ring (bicyclic) bond motifs is 6. The van der Waals surface area contributed by atoms with Crippen molar-refractivity contribution >= 4 is 49.3 Å². The summed E-state index contributed by atoms with van der Waals surface area (Å²) < 4.78 is 51.9. The molecule has 12 rings (SSSR count). The minimum atomic E-state index is -4.87. The van der Waals surface area contributed by atoms with Crippen molar-refractivity contribution in [3.05, 3.63) is 247 Å². The van der Waals surface area contributed by atoms with Crippen molar-refractivity contribution in [1.29, 1.82) is 5.26 Å². The second-order valence-corrected chi connectivity index (χ2v) is 17.4. The summed E-state index contributed by atoms with van der Waals surface area (Å²) in [5, 5.41) is 14.6. The smallest absolute Gasteiger partial charge is 0.309 e. The summed E-state index contributed by atoms with van der Waals surface area (Å²) in [6, 6.07) is 74.2. The van der Waals surface area contributed by atoms with Gasteiger partial charge in [0.2, 0.25) is 0 Å². The molecular weight excluding hydrogens is 870 g/mol. The molecule has 0 unspecified atom stereocenters. The van der Waals surface area contributed by atoms with E-state index in [0.29, 0.717) is 11.4 Å². The Kier molecular flexibility index (Phi) is 10.0. The van der Waals surface area contributed by atoms with Crippen molar-refractivity contribution in [3.63, 3.8) is 0 Å². The number of nitrogens with zero attached hydrogens (tertiary/aromatic N) is 4. The molecule has 12 aromatic rings. The van der Waals surface area contributed by atoms with Crippen molar-refractivity contribution in [2.45, 2.75) is 6.18 Å². The molecule has 0 N–H and O–H groups in total. The highest BCUT2D eigenvalue weighted by Crippen LogP contribution is 2.50. The number of benzene rings is 10. The normalized spacial score (nSPS) is 11.6. The van der Waals surface area contributed by atoms with Gasteiger partial charge >= 0.3 is 6.18 Å². The van der Waals surface area contributed by atoms with E-state index in [1.165, 1.54) is 12.1 Å². The number of hydrogen-bond acceptors (Lipinski definition) is 1. The Labute approximate surface area is 401 Å². The van der Waals surface area contributed by atoms with Gasteiger partial charge in [-0.2, -0.15) is 18.4 Å². The highest BCUT2D eigenvalue weighted by Gasteiger charge is 2.37. The summed E-state index contributed by atoms with van der Waals surface area (Å²) in [5.41, 5.74) is 9.95. The number of alkyl halides is 3. The van der Waals surface area contributed by atoms with Gasteiger partial charge in [-0.15, -0.1) is 0 Å². The Morgan fingerprint density at radius 3 is 1.03 bits per heavy atom. The Balaban J connectivity index is 1.30. The fraction of sp³-hybridized carbons (Fsp3) is 0.0159. The van der Waals surface area contributed by atoms with Crippen LogP contribution in [0.15, 0.2) is 224 Å². The molecule has 0 bridgehead atoms. The van der Waals surface area contributed by atoms with Crippen LogP contribution in [0.1, 0.15) is 11.1 Å². The van der Waals surface area contributed by atoms with E-state index >= 15 is 13.2 Å². The molecule has 10 aromatic carbocycles. The van der Waals surface area contributed by atoms with E-state index in [1.54, 1.807) is 12.1 Å². The molecule has 0 aliphatic carbocycles. The zero-order chi connectivity index (χ0) is 47.5. The lowest BCUT2D eigenvalue weighted by molar-refractivity contribution is -0.137. The average molecular weight is 907 g/mol. The molecule has 0 fully saturated rings. The van der Waals surface area contributed by atoms with Crippen LogP contribution in [0.4, 0.5) is 18.9 Å². The molecule has 7 heteroatoms. The van der Waals surface area contributed by atoms with E-state index < -0.39 is 11.7 Å². The summed E-state index contributed by atoms with van der Waals surface area (Å²) >= 11 is 0. The second-order valence-electron chi connectivity index (χ2n) is 17.4. The van der Waals surface area contributed by atoms with E-state index in [2.05, 4.69) is 83.7 Å². The van der Waals surface area contributed by atoms with Gasteiger partial charge in [-0.25, -0.2) is 4.85 Å². The number of nitriles is 1. The third-order valence-electron chi connectivity index (χ3n) is 13.4. The lowest BCUT2D eigenvalue weighted by Crippen LogP contribution is -2.11. The molecule has 0 radical (unpaired) electrons. The van der Waals surface area contributed by atoms with Gasteiger partial charge in [-0.3, -0.25) is 0 Å². The standard InChI is InChI=1S/C63H37F3N4/c1-68-54-24-14-23-53(63(64,65)66)61(54)62-59(69-55-35-45(41-15-6-2-7-16-41)25-29-49(55)50-30-26-46(36-56(50)69)42-17-8-3-9-18-42)33-40(39-67)34-60(62)70-57-37-47(43-19-10-4-11-20-43)27-31-51(57)52-32-28-48(38-58(52)70)44-21-12-5-13-22-44/h2-38H. The SMILES string of the molecule is [C-]#[N+]c1cccc(C(F)(F)F)c1-c1c(-n2c3cc(-c4ccccc4)ccc3c3ccc(-c4ccccc4)cc32)cc(C#N)cc1-n1c2cc(-c3ccccc3)ccc2c2ccc(-c3ccccc3)cc21. The lowest BCUT2D eigenvalue weighted by atomic mass is 9.92. The van der Waals surface area contributed by atoms with E-state index in [1.807, 2.05) is 130 Å². The van der Waals surface area contributed by atoms with Gasteiger partial charge in [0.25, 0.3) is 0 Å². The van der Waals surface area contributed by atoms with Crippen LogP contribution in [-0.4, -0.2) is 9.13 Å². The third kappa shape index (κ3) is 7.00. The predicted octanol–water partition coefficient (Wildman–Crippen LogP) is 17.7. The van der Waals surface area contributed by atoms with Crippen molar-refractivity contribution < 1.29 is 13.2 Å². The molecule has 0 amide bonds. The fourth-order valence-corrected chi connectivity index (χ4v) is 10.2. The van der Waals surface area contributed by atoms with Crippen molar-refractivity contribution in [2.75, 3.05) is 0 Å². The Morgan fingerprint density at radius 1 is 0.386 bits per heavy atom. The number of hydrogen-bond donors (Lipinski definition) is 0. The number of rotatable bonds is 7. The Hall–Kier alpha value is -9.43. The molecule has 4 nitrogen and oxygen atoms in total. The van der Waals surface area contributed by atoms with Gasteiger partial charge in [0.05, 0.1) is 57.2 Å². The summed E-state index contributed by atoms with van der Waals surface area (Å²) in [4.78, 5) is 3.84. The van der Waals surface area contributed by atoms with Crippen LogP contribution >= 0.6 is 0 Å². The number of aromatic nitrogens is 2. The van der Waals surface area contributed by atoms with Crippen LogP contribution in [0.25, 0.3) is 115 Å². The van der Waals surface area contributed by atoms with Gasteiger partial charge in [0.15, 0.2) is 5.69 Å². The Bertz CT molecular complexity index is 3690. The minimum Gasteiger partial charge on any atom is -0.309 e. The monoisotopic (exact) mass is 906 g/mol. The fourth-order valence-electron chi connectivity index (χ4n) is 10.2. The Morgan fingerprint density at radius 2 is 0.729 bits per heavy atom. The molecule has 70 heavy (non-hydrogen) atoms. The highest BCUT2D eigenvalue weighted by atomic mass is 19.4. The molecule has 2 aromatic heterocycles. The van der Waals surface area contributed by atoms with Crippen molar-refractivity contribution in [1.82, 2.24) is 9.13 Å². The second kappa shape index (κ2) is 16.7. The van der Waals surface area contributed by atoms with E-state index in [-0.39, 0.29) is 22.4 Å². The van der Waals surface area contributed by atoms with Gasteiger partial charge in [-0.05, 0) is 80.9 Å². The summed E-state index contributed by atoms with van der Waals surface area (Å²) in [7, 11) is 0. The minimum absolute atomic E-state index is 0.154. The van der Waals surface area contributed by atoms with Crippen LogP contribution in [-0.2, 0) is 6.18 Å². The molecule has 0 spiro atoms. The van der Waals surface area contributed by atoms with E-state index in [0.717, 1.165) is 94.2 Å². The molecule has 0 saturated heterocycles. The summed E-state index contributed by atoms with van der Waals surface area (Å²) in [6.07, 6.45) is -4.87. The molecule has 2 heterocycles. The van der Waals surface area contributed by atoms with Crippen LogP contribution < -0.4 is 0 Å². The van der Waals surface area contributed by atoms with Gasteiger partial charge in [0.1, 0.15) is 0 Å². The predicted molar refractivity (Wildman–Crippen MR) is 278 cm³/mol. The lowest BCUT2D eigenvalue weighted by Gasteiger charge is -2.24. The first-order valence-corrected chi connectivity index (χ1v) is 22.8. The first-order valence-electron chi connectivity index (χ1n) is 22.8. The average Bonchev–Trinajstić information content (AvgIpc) is 3.92. The summed E-state index contributed by atoms with van der Waals surface area (Å²) in [5.74, 6) is 0.